The summed E-state index contributed by atoms with van der Waals surface area (Å²) >= 11 is 1.31. The first kappa shape index (κ1) is 21.9. The SMILES string of the molecule is CCOC(=O)Cn1c(=NC(=O)c2ccc(-c3ccccc3)cc2)sc2cc3c(cc21)OCCO3. The van der Waals surface area contributed by atoms with Crippen LogP contribution in [-0.2, 0) is 16.1 Å². The van der Waals surface area contributed by atoms with Crippen molar-refractivity contribution in [3.8, 4) is 22.6 Å². The van der Waals surface area contributed by atoms with Gasteiger partial charge < -0.3 is 18.8 Å². The molecule has 1 aliphatic heterocycles. The minimum Gasteiger partial charge on any atom is -0.486 e. The third kappa shape index (κ3) is 4.45. The fraction of sp³-hybridized carbons (Fsp3) is 0.192. The van der Waals surface area contributed by atoms with E-state index in [0.717, 1.165) is 21.3 Å². The molecule has 0 saturated carbocycles. The third-order valence-corrected chi connectivity index (χ3v) is 6.42. The number of carbonyl (C=O) groups excluding carboxylic acids is 2. The number of nitrogens with zero attached hydrogens (tertiary/aromatic N) is 2. The summed E-state index contributed by atoms with van der Waals surface area (Å²) in [5.74, 6) is 0.445. The Bertz CT molecular complexity index is 1420. The van der Waals surface area contributed by atoms with Gasteiger partial charge in [0.05, 0.1) is 16.8 Å². The van der Waals surface area contributed by atoms with Crippen molar-refractivity contribution in [2.45, 2.75) is 13.5 Å². The van der Waals surface area contributed by atoms with Crippen molar-refractivity contribution in [1.82, 2.24) is 4.57 Å². The molecule has 5 rings (SSSR count). The van der Waals surface area contributed by atoms with Gasteiger partial charge in [0.25, 0.3) is 5.91 Å². The number of rotatable bonds is 5. The molecular formula is C26H22N2O5S. The minimum absolute atomic E-state index is 0.0630. The molecular weight excluding hydrogens is 452 g/mol. The van der Waals surface area contributed by atoms with Gasteiger partial charge in [0, 0.05) is 17.7 Å². The van der Waals surface area contributed by atoms with Crippen LogP contribution >= 0.6 is 11.3 Å². The zero-order valence-corrected chi connectivity index (χ0v) is 19.3. The van der Waals surface area contributed by atoms with E-state index in [1.807, 2.05) is 54.6 Å². The van der Waals surface area contributed by atoms with E-state index in [2.05, 4.69) is 4.99 Å². The van der Waals surface area contributed by atoms with E-state index >= 15 is 0 Å². The van der Waals surface area contributed by atoms with Crippen LogP contribution in [0.5, 0.6) is 11.5 Å². The summed E-state index contributed by atoms with van der Waals surface area (Å²) in [7, 11) is 0. The first-order valence-corrected chi connectivity index (χ1v) is 11.8. The molecule has 1 amide bonds. The standard InChI is InChI=1S/C26H22N2O5S/c1-2-31-24(29)16-28-20-14-21-22(33-13-12-32-21)15-23(20)34-26(28)27-25(30)19-10-8-18(9-11-19)17-6-4-3-5-7-17/h3-11,14-15H,2,12-13,16H2,1H3. The molecule has 34 heavy (non-hydrogen) atoms. The Balaban J connectivity index is 1.54. The zero-order valence-electron chi connectivity index (χ0n) is 18.5. The molecule has 7 nitrogen and oxygen atoms in total. The molecule has 2 heterocycles. The number of fused-ring (bicyclic) bond motifs is 2. The van der Waals surface area contributed by atoms with Gasteiger partial charge in [0.1, 0.15) is 19.8 Å². The Morgan fingerprint density at radius 3 is 2.35 bits per heavy atom. The second kappa shape index (κ2) is 9.52. The van der Waals surface area contributed by atoms with Crippen LogP contribution in [0.1, 0.15) is 17.3 Å². The maximum atomic E-state index is 13.0. The Morgan fingerprint density at radius 2 is 1.65 bits per heavy atom. The minimum atomic E-state index is -0.404. The molecule has 1 aromatic heterocycles. The highest BCUT2D eigenvalue weighted by Gasteiger charge is 2.18. The highest BCUT2D eigenvalue weighted by Crippen LogP contribution is 2.35. The molecule has 0 spiro atoms. The topological polar surface area (TPSA) is 79.1 Å². The lowest BCUT2D eigenvalue weighted by molar-refractivity contribution is -0.143. The first-order chi connectivity index (χ1) is 16.6. The average Bonchev–Trinajstić information content (AvgIpc) is 3.18. The van der Waals surface area contributed by atoms with Crippen LogP contribution in [0, 0.1) is 0 Å². The molecule has 4 aromatic rings. The molecule has 0 N–H and O–H groups in total. The lowest BCUT2D eigenvalue weighted by atomic mass is 10.0. The molecule has 0 fully saturated rings. The van der Waals surface area contributed by atoms with Crippen LogP contribution < -0.4 is 14.3 Å². The van der Waals surface area contributed by atoms with Crippen LogP contribution in [0.4, 0.5) is 0 Å². The molecule has 0 radical (unpaired) electrons. The van der Waals surface area contributed by atoms with E-state index in [4.69, 9.17) is 14.2 Å². The predicted molar refractivity (Wildman–Crippen MR) is 129 cm³/mol. The van der Waals surface area contributed by atoms with Crippen molar-refractivity contribution in [2.24, 2.45) is 4.99 Å². The number of aromatic nitrogens is 1. The van der Waals surface area contributed by atoms with Crippen LogP contribution in [0.3, 0.4) is 0 Å². The fourth-order valence-electron chi connectivity index (χ4n) is 3.77. The van der Waals surface area contributed by atoms with Crippen molar-refractivity contribution in [3.05, 3.63) is 77.1 Å². The number of benzene rings is 3. The van der Waals surface area contributed by atoms with E-state index in [0.29, 0.717) is 35.1 Å². The van der Waals surface area contributed by atoms with E-state index < -0.39 is 5.97 Å². The Morgan fingerprint density at radius 1 is 0.971 bits per heavy atom. The van der Waals surface area contributed by atoms with Gasteiger partial charge in [-0.05, 0) is 30.2 Å². The third-order valence-electron chi connectivity index (χ3n) is 5.38. The van der Waals surface area contributed by atoms with E-state index in [1.165, 1.54) is 11.3 Å². The highest BCUT2D eigenvalue weighted by molar-refractivity contribution is 7.16. The van der Waals surface area contributed by atoms with Gasteiger partial charge in [0.2, 0.25) is 0 Å². The number of amides is 1. The smallest absolute Gasteiger partial charge is 0.326 e. The summed E-state index contributed by atoms with van der Waals surface area (Å²) in [6.45, 7) is 2.89. The molecule has 0 bridgehead atoms. The van der Waals surface area contributed by atoms with E-state index in [1.54, 1.807) is 23.6 Å². The molecule has 8 heteroatoms. The largest absolute Gasteiger partial charge is 0.486 e. The van der Waals surface area contributed by atoms with Gasteiger partial charge in [-0.1, -0.05) is 53.8 Å². The maximum Gasteiger partial charge on any atom is 0.326 e. The van der Waals surface area contributed by atoms with Crippen molar-refractivity contribution in [3.63, 3.8) is 0 Å². The lowest BCUT2D eigenvalue weighted by Gasteiger charge is -2.18. The van der Waals surface area contributed by atoms with Crippen molar-refractivity contribution < 1.29 is 23.8 Å². The maximum absolute atomic E-state index is 13.0. The number of hydrogen-bond donors (Lipinski definition) is 0. The molecule has 0 saturated heterocycles. The molecule has 3 aromatic carbocycles. The normalized spacial score (nSPS) is 13.1. The summed E-state index contributed by atoms with van der Waals surface area (Å²) in [4.78, 5) is 30.1. The second-order valence-corrected chi connectivity index (χ2v) is 8.61. The number of thiazole rings is 1. The summed E-state index contributed by atoms with van der Waals surface area (Å²) in [5.41, 5.74) is 3.28. The number of hydrogen-bond acceptors (Lipinski definition) is 6. The van der Waals surface area contributed by atoms with Crippen LogP contribution in [0.2, 0.25) is 0 Å². The van der Waals surface area contributed by atoms with Crippen molar-refractivity contribution >= 4 is 33.4 Å². The van der Waals surface area contributed by atoms with Gasteiger partial charge in [-0.2, -0.15) is 4.99 Å². The molecule has 172 valence electrons. The van der Waals surface area contributed by atoms with Crippen LogP contribution in [0.15, 0.2) is 71.7 Å². The van der Waals surface area contributed by atoms with Crippen LogP contribution in [0.25, 0.3) is 21.3 Å². The van der Waals surface area contributed by atoms with Gasteiger partial charge in [0.15, 0.2) is 16.3 Å². The molecule has 0 unspecified atom stereocenters. The van der Waals surface area contributed by atoms with Crippen molar-refractivity contribution in [2.75, 3.05) is 19.8 Å². The fourth-order valence-corrected chi connectivity index (χ4v) is 4.81. The van der Waals surface area contributed by atoms with Gasteiger partial charge in [-0.3, -0.25) is 9.59 Å². The Hall–Kier alpha value is -3.91. The van der Waals surface area contributed by atoms with Crippen LogP contribution in [-0.4, -0.2) is 36.3 Å². The number of carbonyl (C=O) groups is 2. The van der Waals surface area contributed by atoms with Crippen molar-refractivity contribution in [1.29, 1.82) is 0 Å². The summed E-state index contributed by atoms with van der Waals surface area (Å²) in [5, 5.41) is 0. The summed E-state index contributed by atoms with van der Waals surface area (Å²) in [6.07, 6.45) is 0. The summed E-state index contributed by atoms with van der Waals surface area (Å²) < 4.78 is 19.0. The zero-order chi connectivity index (χ0) is 23.5. The number of esters is 1. The predicted octanol–water partition coefficient (Wildman–Crippen LogP) is 4.45. The van der Waals surface area contributed by atoms with E-state index in [9.17, 15) is 9.59 Å². The summed E-state index contributed by atoms with van der Waals surface area (Å²) in [6, 6.07) is 20.9. The Kier molecular flexibility index (Phi) is 6.14. The monoisotopic (exact) mass is 474 g/mol. The van der Waals surface area contributed by atoms with Gasteiger partial charge >= 0.3 is 5.97 Å². The molecule has 0 aliphatic carbocycles. The quantitative estimate of drug-likeness (QED) is 0.400. The first-order valence-electron chi connectivity index (χ1n) is 11.0. The Labute approximate surface area is 199 Å². The number of ether oxygens (including phenoxy) is 3. The van der Waals surface area contributed by atoms with Gasteiger partial charge in [-0.25, -0.2) is 0 Å². The van der Waals surface area contributed by atoms with Gasteiger partial charge in [-0.15, -0.1) is 0 Å². The molecule has 0 atom stereocenters. The second-order valence-electron chi connectivity index (χ2n) is 7.60. The molecule has 1 aliphatic rings. The lowest BCUT2D eigenvalue weighted by Crippen LogP contribution is -2.23. The average molecular weight is 475 g/mol. The highest BCUT2D eigenvalue weighted by atomic mass is 32.1. The van der Waals surface area contributed by atoms with E-state index in [-0.39, 0.29) is 19.1 Å².